The molecule has 0 unspecified atom stereocenters. The van der Waals surface area contributed by atoms with Gasteiger partial charge in [-0.2, -0.15) is 5.10 Å². The largest absolute Gasteiger partial charge is 0.478 e. The third-order valence-electron chi connectivity index (χ3n) is 2.51. The highest BCUT2D eigenvalue weighted by atomic mass is 16.4. The van der Waals surface area contributed by atoms with Crippen LogP contribution in [0.3, 0.4) is 0 Å². The average Bonchev–Trinajstić information content (AvgIpc) is 2.71. The maximum Gasteiger partial charge on any atom is 0.335 e. The first kappa shape index (κ1) is 11.3. The Bertz CT molecular complexity index is 543. The zero-order valence-corrected chi connectivity index (χ0v) is 9.71. The van der Waals surface area contributed by atoms with Crippen molar-refractivity contribution < 1.29 is 9.90 Å². The molecule has 2 rings (SSSR count). The van der Waals surface area contributed by atoms with Gasteiger partial charge in [0, 0.05) is 19.0 Å². The molecule has 0 aliphatic heterocycles. The number of carboxylic acids is 1. The number of aromatic nitrogens is 3. The molecule has 0 saturated carbocycles. The first-order chi connectivity index (χ1) is 8.11. The van der Waals surface area contributed by atoms with Crippen LogP contribution >= 0.6 is 0 Å². The summed E-state index contributed by atoms with van der Waals surface area (Å²) in [6.07, 6.45) is 0.779. The van der Waals surface area contributed by atoms with Gasteiger partial charge in [0.2, 0.25) is 0 Å². The number of hydrogen-bond acceptors (Lipinski definition) is 3. The number of hydrogen-bond donors (Lipinski definition) is 1. The molecular weight excluding hydrogens is 218 g/mol. The Morgan fingerprint density at radius 1 is 1.35 bits per heavy atom. The summed E-state index contributed by atoms with van der Waals surface area (Å²) in [7, 11) is 1.83. The van der Waals surface area contributed by atoms with Crippen molar-refractivity contribution in [1.82, 2.24) is 14.8 Å². The van der Waals surface area contributed by atoms with E-state index in [4.69, 9.17) is 5.11 Å². The fourth-order valence-corrected chi connectivity index (χ4v) is 1.60. The molecule has 1 heterocycles. The molecular formula is C12H13N3O2. The maximum absolute atomic E-state index is 10.7. The number of nitrogens with zero attached hydrogens (tertiary/aromatic N) is 3. The van der Waals surface area contributed by atoms with Gasteiger partial charge >= 0.3 is 5.97 Å². The van der Waals surface area contributed by atoms with Crippen molar-refractivity contribution in [2.75, 3.05) is 0 Å². The molecule has 0 saturated heterocycles. The van der Waals surface area contributed by atoms with Gasteiger partial charge in [-0.25, -0.2) is 14.5 Å². The van der Waals surface area contributed by atoms with E-state index in [1.54, 1.807) is 28.9 Å². The van der Waals surface area contributed by atoms with Gasteiger partial charge in [0.15, 0.2) is 11.6 Å². The van der Waals surface area contributed by atoms with E-state index in [9.17, 15) is 4.79 Å². The highest BCUT2D eigenvalue weighted by Crippen LogP contribution is 2.17. The minimum atomic E-state index is -0.927. The molecule has 0 aliphatic rings. The Hall–Kier alpha value is -2.17. The number of aromatic carboxylic acids is 1. The van der Waals surface area contributed by atoms with Crippen molar-refractivity contribution in [2.24, 2.45) is 7.05 Å². The van der Waals surface area contributed by atoms with E-state index in [2.05, 4.69) is 10.1 Å². The van der Waals surface area contributed by atoms with Gasteiger partial charge in [-0.05, 0) is 12.1 Å². The van der Waals surface area contributed by atoms with Crippen LogP contribution in [0.5, 0.6) is 0 Å². The van der Waals surface area contributed by atoms with Crippen LogP contribution in [-0.4, -0.2) is 25.8 Å². The molecule has 0 bridgehead atoms. The van der Waals surface area contributed by atoms with E-state index in [0.29, 0.717) is 0 Å². The lowest BCUT2D eigenvalue weighted by atomic mass is 10.1. The fraction of sp³-hybridized carbons (Fsp3) is 0.250. The second-order valence-electron chi connectivity index (χ2n) is 3.71. The van der Waals surface area contributed by atoms with E-state index < -0.39 is 5.97 Å². The van der Waals surface area contributed by atoms with Gasteiger partial charge in [0.25, 0.3) is 0 Å². The summed E-state index contributed by atoms with van der Waals surface area (Å²) in [4.78, 5) is 15.1. The molecule has 88 valence electrons. The highest BCUT2D eigenvalue weighted by Gasteiger charge is 2.09. The topological polar surface area (TPSA) is 68.0 Å². The Balaban J connectivity index is 2.39. The molecule has 0 fully saturated rings. The fourth-order valence-electron chi connectivity index (χ4n) is 1.60. The number of benzene rings is 1. The predicted molar refractivity (Wildman–Crippen MR) is 62.8 cm³/mol. The second-order valence-corrected chi connectivity index (χ2v) is 3.71. The Labute approximate surface area is 98.7 Å². The first-order valence-corrected chi connectivity index (χ1v) is 5.35. The summed E-state index contributed by atoms with van der Waals surface area (Å²) >= 11 is 0. The summed E-state index contributed by atoms with van der Waals surface area (Å²) in [6, 6.07) is 6.62. The molecule has 0 atom stereocenters. The lowest BCUT2D eigenvalue weighted by Crippen LogP contribution is -1.97. The van der Waals surface area contributed by atoms with E-state index in [1.165, 1.54) is 0 Å². The average molecular weight is 231 g/mol. The first-order valence-electron chi connectivity index (χ1n) is 5.35. The highest BCUT2D eigenvalue weighted by molar-refractivity contribution is 5.88. The number of carbonyl (C=O) groups is 1. The zero-order valence-electron chi connectivity index (χ0n) is 9.71. The van der Waals surface area contributed by atoms with Gasteiger partial charge in [-0.3, -0.25) is 0 Å². The summed E-state index contributed by atoms with van der Waals surface area (Å²) in [5.41, 5.74) is 1.14. The molecule has 5 heteroatoms. The van der Waals surface area contributed by atoms with Gasteiger partial charge in [-0.15, -0.1) is 0 Å². The van der Waals surface area contributed by atoms with Crippen molar-refractivity contribution in [3.8, 4) is 11.4 Å². The summed E-state index contributed by atoms with van der Waals surface area (Å²) in [5, 5.41) is 13.1. The van der Waals surface area contributed by atoms with Gasteiger partial charge in [0.1, 0.15) is 0 Å². The van der Waals surface area contributed by atoms with Crippen molar-refractivity contribution in [3.05, 3.63) is 35.7 Å². The molecule has 0 amide bonds. The molecule has 0 radical (unpaired) electrons. The lowest BCUT2D eigenvalue weighted by Gasteiger charge is -2.00. The quantitative estimate of drug-likeness (QED) is 0.873. The monoisotopic (exact) mass is 231 g/mol. The van der Waals surface area contributed by atoms with Crippen LogP contribution in [0.2, 0.25) is 0 Å². The smallest absolute Gasteiger partial charge is 0.335 e. The summed E-state index contributed by atoms with van der Waals surface area (Å²) in [5.74, 6) is 0.604. The maximum atomic E-state index is 10.7. The van der Waals surface area contributed by atoms with E-state index in [1.807, 2.05) is 14.0 Å². The Morgan fingerprint density at radius 2 is 2.00 bits per heavy atom. The molecule has 5 nitrogen and oxygen atoms in total. The zero-order chi connectivity index (χ0) is 12.4. The van der Waals surface area contributed by atoms with E-state index >= 15 is 0 Å². The molecule has 1 aromatic heterocycles. The molecule has 2 aromatic rings. The van der Waals surface area contributed by atoms with Gasteiger partial charge in [0.05, 0.1) is 5.56 Å². The van der Waals surface area contributed by atoms with E-state index in [-0.39, 0.29) is 5.56 Å². The van der Waals surface area contributed by atoms with Crippen LogP contribution < -0.4 is 0 Å². The standard InChI is InChI=1S/C12H13N3O2/c1-3-10-13-11(15(2)14-10)8-4-6-9(7-5-8)12(16)17/h4-7H,3H2,1-2H3,(H,16,17). The summed E-state index contributed by atoms with van der Waals surface area (Å²) < 4.78 is 1.70. The SMILES string of the molecule is CCc1nc(-c2ccc(C(=O)O)cc2)n(C)n1. The lowest BCUT2D eigenvalue weighted by molar-refractivity contribution is 0.0697. The van der Waals surface area contributed by atoms with Crippen molar-refractivity contribution in [1.29, 1.82) is 0 Å². The number of carboxylic acid groups (broad SMARTS) is 1. The molecule has 1 N–H and O–H groups in total. The van der Waals surface area contributed by atoms with Crippen LogP contribution in [0.4, 0.5) is 0 Å². The normalized spacial score (nSPS) is 10.5. The minimum absolute atomic E-state index is 0.270. The Morgan fingerprint density at radius 3 is 2.47 bits per heavy atom. The van der Waals surface area contributed by atoms with Crippen LogP contribution in [0.15, 0.2) is 24.3 Å². The third-order valence-corrected chi connectivity index (χ3v) is 2.51. The third kappa shape index (κ3) is 2.18. The predicted octanol–water partition coefficient (Wildman–Crippen LogP) is 1.74. The Kier molecular flexibility index (Phi) is 2.91. The van der Waals surface area contributed by atoms with Crippen molar-refractivity contribution in [3.63, 3.8) is 0 Å². The molecule has 1 aromatic carbocycles. The van der Waals surface area contributed by atoms with Crippen LogP contribution in [-0.2, 0) is 13.5 Å². The molecule has 0 spiro atoms. The van der Waals surface area contributed by atoms with Gasteiger partial charge < -0.3 is 5.11 Å². The van der Waals surface area contributed by atoms with Crippen molar-refractivity contribution >= 4 is 5.97 Å². The van der Waals surface area contributed by atoms with Crippen LogP contribution in [0, 0.1) is 0 Å². The van der Waals surface area contributed by atoms with Crippen LogP contribution in [0.1, 0.15) is 23.1 Å². The number of rotatable bonds is 3. The van der Waals surface area contributed by atoms with E-state index in [0.717, 1.165) is 23.6 Å². The minimum Gasteiger partial charge on any atom is -0.478 e. The number of aryl methyl sites for hydroxylation is 2. The molecule has 17 heavy (non-hydrogen) atoms. The van der Waals surface area contributed by atoms with Gasteiger partial charge in [-0.1, -0.05) is 19.1 Å². The summed E-state index contributed by atoms with van der Waals surface area (Å²) in [6.45, 7) is 1.99. The molecule has 0 aliphatic carbocycles. The van der Waals surface area contributed by atoms with Crippen LogP contribution in [0.25, 0.3) is 11.4 Å². The second kappa shape index (κ2) is 4.37. The van der Waals surface area contributed by atoms with Crippen molar-refractivity contribution in [2.45, 2.75) is 13.3 Å².